The number of hydrogen-bond donors (Lipinski definition) is 0. The summed E-state index contributed by atoms with van der Waals surface area (Å²) in [5.41, 5.74) is 0.852. The number of rotatable bonds is 3. The number of carbonyl (C=O) groups excluding carboxylic acids is 1. The second kappa shape index (κ2) is 4.53. The molecule has 3 heteroatoms. The fourth-order valence-electron chi connectivity index (χ4n) is 0.134. The van der Waals surface area contributed by atoms with E-state index in [0.29, 0.717) is 5.25 Å². The Morgan fingerprint density at radius 2 is 2.14 bits per heavy atom. The lowest BCUT2D eigenvalue weighted by molar-refractivity contribution is 0.570. The van der Waals surface area contributed by atoms with E-state index in [0.717, 1.165) is 5.62 Å². The molecule has 0 aliphatic rings. The van der Waals surface area contributed by atoms with Gasteiger partial charge < -0.3 is 0 Å². The maximum Gasteiger partial charge on any atom is 0.186 e. The van der Waals surface area contributed by atoms with Crippen LogP contribution in [-0.2, 0) is 4.79 Å². The summed E-state index contributed by atoms with van der Waals surface area (Å²) in [5, 5.41) is 0.551. The van der Waals surface area contributed by atoms with Crippen molar-refractivity contribution >= 4 is 27.2 Å². The van der Waals surface area contributed by atoms with E-state index in [4.69, 9.17) is 0 Å². The SMILES string of the molecule is CC(C)SSC=O. The molecule has 0 spiro atoms. The molecule has 0 amide bonds. The van der Waals surface area contributed by atoms with Crippen molar-refractivity contribution in [2.24, 2.45) is 0 Å². The second-order valence-corrected chi connectivity index (χ2v) is 4.01. The summed E-state index contributed by atoms with van der Waals surface area (Å²) in [4.78, 5) is 9.65. The molecule has 0 aromatic carbocycles. The van der Waals surface area contributed by atoms with Crippen LogP contribution in [-0.4, -0.2) is 10.9 Å². The predicted molar refractivity (Wildman–Crippen MR) is 37.1 cm³/mol. The zero-order valence-electron chi connectivity index (χ0n) is 4.38. The first kappa shape index (κ1) is 7.37. The lowest BCUT2D eigenvalue weighted by atomic mass is 10.6. The predicted octanol–water partition coefficient (Wildman–Crippen LogP) is 1.97. The number of carbonyl (C=O) groups is 1. The fourth-order valence-corrected chi connectivity index (χ4v) is 1.20. The third kappa shape index (κ3) is 6.37. The lowest BCUT2D eigenvalue weighted by Gasteiger charge is -1.94. The van der Waals surface area contributed by atoms with Gasteiger partial charge in [-0.3, -0.25) is 4.79 Å². The first-order valence-electron chi connectivity index (χ1n) is 2.03. The van der Waals surface area contributed by atoms with Gasteiger partial charge in [0.1, 0.15) is 0 Å². The molecule has 1 nitrogen and oxygen atoms in total. The average Bonchev–Trinajstić information content (AvgIpc) is 1.61. The van der Waals surface area contributed by atoms with Gasteiger partial charge in [-0.2, -0.15) is 0 Å². The van der Waals surface area contributed by atoms with E-state index in [9.17, 15) is 4.79 Å². The topological polar surface area (TPSA) is 17.1 Å². The van der Waals surface area contributed by atoms with Crippen LogP contribution in [0.2, 0.25) is 0 Å². The molecule has 7 heavy (non-hydrogen) atoms. The van der Waals surface area contributed by atoms with Gasteiger partial charge in [0.25, 0.3) is 0 Å². The molecule has 0 radical (unpaired) electrons. The standard InChI is InChI=1S/C4H8OS2/c1-4(2)7-6-3-5/h3-4H,1-2H3. The van der Waals surface area contributed by atoms with Crippen LogP contribution in [0.1, 0.15) is 13.8 Å². The summed E-state index contributed by atoms with van der Waals surface area (Å²) >= 11 is 0. The van der Waals surface area contributed by atoms with Gasteiger partial charge in [-0.25, -0.2) is 0 Å². The maximum absolute atomic E-state index is 9.65. The summed E-state index contributed by atoms with van der Waals surface area (Å²) in [6.07, 6.45) is 0. The third-order valence-corrected chi connectivity index (χ3v) is 2.59. The molecule has 0 aromatic rings. The average molecular weight is 136 g/mol. The van der Waals surface area contributed by atoms with E-state index in [-0.39, 0.29) is 0 Å². The largest absolute Gasteiger partial charge is 0.290 e. The van der Waals surface area contributed by atoms with E-state index in [1.807, 2.05) is 0 Å². The molecular weight excluding hydrogens is 128 g/mol. The van der Waals surface area contributed by atoms with Crippen LogP contribution >= 0.6 is 21.6 Å². The van der Waals surface area contributed by atoms with Crippen LogP contribution in [0, 0.1) is 0 Å². The lowest BCUT2D eigenvalue weighted by Crippen LogP contribution is -1.79. The first-order valence-corrected chi connectivity index (χ1v) is 4.30. The Bertz CT molecular complexity index is 53.7. The second-order valence-electron chi connectivity index (χ2n) is 1.34. The van der Waals surface area contributed by atoms with E-state index in [1.165, 1.54) is 10.8 Å². The van der Waals surface area contributed by atoms with Crippen LogP contribution in [0.25, 0.3) is 0 Å². The quantitative estimate of drug-likeness (QED) is 0.436. The molecule has 0 aliphatic heterocycles. The molecule has 0 saturated heterocycles. The van der Waals surface area contributed by atoms with Crippen LogP contribution < -0.4 is 0 Å². The summed E-state index contributed by atoms with van der Waals surface area (Å²) < 4.78 is 0. The van der Waals surface area contributed by atoms with Gasteiger partial charge >= 0.3 is 0 Å². The molecule has 0 saturated carbocycles. The van der Waals surface area contributed by atoms with Crippen LogP contribution in [0.15, 0.2) is 0 Å². The zero-order chi connectivity index (χ0) is 5.70. The van der Waals surface area contributed by atoms with Crippen LogP contribution in [0.5, 0.6) is 0 Å². The van der Waals surface area contributed by atoms with Crippen LogP contribution in [0.3, 0.4) is 0 Å². The van der Waals surface area contributed by atoms with Gasteiger partial charge in [0, 0.05) is 5.25 Å². The molecule has 0 atom stereocenters. The Hall–Kier alpha value is 0.370. The minimum atomic E-state index is 0.551. The molecule has 0 aliphatic carbocycles. The highest BCUT2D eigenvalue weighted by Crippen LogP contribution is 2.22. The van der Waals surface area contributed by atoms with Gasteiger partial charge in [0.2, 0.25) is 0 Å². The molecule has 0 fully saturated rings. The van der Waals surface area contributed by atoms with Crippen molar-refractivity contribution in [3.63, 3.8) is 0 Å². The van der Waals surface area contributed by atoms with Crippen molar-refractivity contribution in [1.82, 2.24) is 0 Å². The molecular formula is C4H8OS2. The Kier molecular flexibility index (Phi) is 4.77. The van der Waals surface area contributed by atoms with E-state index in [1.54, 1.807) is 10.8 Å². The Morgan fingerprint density at radius 1 is 1.57 bits per heavy atom. The summed E-state index contributed by atoms with van der Waals surface area (Å²) in [7, 11) is 2.83. The Labute approximate surface area is 51.6 Å². The van der Waals surface area contributed by atoms with E-state index in [2.05, 4.69) is 13.8 Å². The van der Waals surface area contributed by atoms with Crippen molar-refractivity contribution in [2.45, 2.75) is 19.1 Å². The minimum Gasteiger partial charge on any atom is -0.290 e. The summed E-state index contributed by atoms with van der Waals surface area (Å²) in [6, 6.07) is 0. The molecule has 42 valence electrons. The minimum absolute atomic E-state index is 0.551. The van der Waals surface area contributed by atoms with E-state index < -0.39 is 0 Å². The van der Waals surface area contributed by atoms with Gasteiger partial charge in [-0.1, -0.05) is 24.6 Å². The van der Waals surface area contributed by atoms with Gasteiger partial charge in [-0.05, 0) is 10.8 Å². The first-order chi connectivity index (χ1) is 3.27. The van der Waals surface area contributed by atoms with Crippen molar-refractivity contribution in [3.8, 4) is 0 Å². The van der Waals surface area contributed by atoms with Crippen molar-refractivity contribution in [1.29, 1.82) is 0 Å². The van der Waals surface area contributed by atoms with Crippen molar-refractivity contribution in [2.75, 3.05) is 0 Å². The van der Waals surface area contributed by atoms with Crippen molar-refractivity contribution < 1.29 is 4.79 Å². The van der Waals surface area contributed by atoms with Crippen molar-refractivity contribution in [3.05, 3.63) is 0 Å². The highest BCUT2D eigenvalue weighted by Gasteiger charge is 1.90. The maximum atomic E-state index is 9.65. The Morgan fingerprint density at radius 3 is 2.29 bits per heavy atom. The Balaban J connectivity index is 2.81. The molecule has 0 heterocycles. The van der Waals surface area contributed by atoms with Gasteiger partial charge in [-0.15, -0.1) is 0 Å². The molecule has 0 N–H and O–H groups in total. The highest BCUT2D eigenvalue weighted by atomic mass is 33.1. The molecule has 0 aromatic heterocycles. The molecule has 0 bridgehead atoms. The smallest absolute Gasteiger partial charge is 0.186 e. The van der Waals surface area contributed by atoms with Crippen LogP contribution in [0.4, 0.5) is 0 Å². The third-order valence-electron chi connectivity index (χ3n) is 0.287. The summed E-state index contributed by atoms with van der Waals surface area (Å²) in [6.45, 7) is 4.11. The fraction of sp³-hybridized carbons (Fsp3) is 0.750. The van der Waals surface area contributed by atoms with Gasteiger partial charge in [0.15, 0.2) is 5.62 Å². The summed E-state index contributed by atoms with van der Waals surface area (Å²) in [5.74, 6) is 0. The van der Waals surface area contributed by atoms with Gasteiger partial charge in [0.05, 0.1) is 0 Å². The highest BCUT2D eigenvalue weighted by molar-refractivity contribution is 8.81. The normalized spacial score (nSPS) is 9.57. The monoisotopic (exact) mass is 136 g/mol. The van der Waals surface area contributed by atoms with E-state index >= 15 is 0 Å². The zero-order valence-corrected chi connectivity index (χ0v) is 6.01. The molecule has 0 unspecified atom stereocenters. The molecule has 0 rings (SSSR count). The number of hydrogen-bond acceptors (Lipinski definition) is 3.